The highest BCUT2D eigenvalue weighted by Gasteiger charge is 2.10. The molecule has 2 aromatic carbocycles. The van der Waals surface area contributed by atoms with Crippen LogP contribution in [0.2, 0.25) is 5.02 Å². The van der Waals surface area contributed by atoms with E-state index in [2.05, 4.69) is 48.4 Å². The Morgan fingerprint density at radius 1 is 1.05 bits per heavy atom. The van der Waals surface area contributed by atoms with E-state index in [0.717, 1.165) is 21.6 Å². The van der Waals surface area contributed by atoms with Gasteiger partial charge in [0.2, 0.25) is 0 Å². The van der Waals surface area contributed by atoms with Crippen molar-refractivity contribution < 1.29 is 0 Å². The van der Waals surface area contributed by atoms with Crippen molar-refractivity contribution in [3.8, 4) is 0 Å². The number of rotatable bonds is 4. The van der Waals surface area contributed by atoms with Crippen molar-refractivity contribution in [1.29, 1.82) is 0 Å². The average Bonchev–Trinajstić information content (AvgIpc) is 2.82. The second kappa shape index (κ2) is 5.82. The van der Waals surface area contributed by atoms with E-state index in [1.54, 1.807) is 0 Å². The highest BCUT2D eigenvalue weighted by atomic mass is 35.5. The van der Waals surface area contributed by atoms with Crippen LogP contribution in [0.1, 0.15) is 31.0 Å². The maximum absolute atomic E-state index is 6.45. The molecular weight excluding hydrogens is 280 g/mol. The van der Waals surface area contributed by atoms with Crippen LogP contribution in [0.4, 0.5) is 5.69 Å². The highest BCUT2D eigenvalue weighted by Crippen LogP contribution is 2.29. The molecule has 1 heterocycles. The van der Waals surface area contributed by atoms with E-state index in [1.807, 2.05) is 24.3 Å². The fraction of sp³-hybridized carbons (Fsp3) is 0.222. The zero-order chi connectivity index (χ0) is 14.8. The lowest BCUT2D eigenvalue weighted by Gasteiger charge is -2.14. The number of benzene rings is 2. The molecule has 21 heavy (non-hydrogen) atoms. The van der Waals surface area contributed by atoms with Crippen LogP contribution in [0, 0.1) is 0 Å². The van der Waals surface area contributed by atoms with Gasteiger partial charge in [0.1, 0.15) is 0 Å². The minimum Gasteiger partial charge on any atom is -0.379 e. The molecule has 0 amide bonds. The van der Waals surface area contributed by atoms with Crippen molar-refractivity contribution in [2.45, 2.75) is 26.3 Å². The van der Waals surface area contributed by atoms with Crippen molar-refractivity contribution in [3.63, 3.8) is 0 Å². The Labute approximate surface area is 130 Å². The van der Waals surface area contributed by atoms with Crippen LogP contribution < -0.4 is 5.32 Å². The Bertz CT molecular complexity index is 759. The minimum atomic E-state index is 0.492. The first-order valence-corrected chi connectivity index (χ1v) is 7.62. The largest absolute Gasteiger partial charge is 0.379 e. The van der Waals surface area contributed by atoms with Crippen LogP contribution in [-0.4, -0.2) is 4.98 Å². The molecule has 3 rings (SSSR count). The smallest absolute Gasteiger partial charge is 0.0710 e. The van der Waals surface area contributed by atoms with Gasteiger partial charge in [-0.25, -0.2) is 0 Å². The number of H-pyrrole nitrogens is 1. The lowest BCUT2D eigenvalue weighted by Crippen LogP contribution is -2.03. The van der Waals surface area contributed by atoms with E-state index in [0.29, 0.717) is 12.5 Å². The summed E-state index contributed by atoms with van der Waals surface area (Å²) in [5.74, 6) is 0.492. The van der Waals surface area contributed by atoms with Gasteiger partial charge in [-0.05, 0) is 23.6 Å². The second-order valence-corrected chi connectivity index (χ2v) is 5.94. The summed E-state index contributed by atoms with van der Waals surface area (Å²) in [6, 6.07) is 16.5. The Hall–Kier alpha value is -1.93. The molecule has 0 bridgehead atoms. The molecule has 0 spiro atoms. The number of nitrogens with one attached hydrogen (secondary N) is 2. The SMILES string of the molecule is CC(C)c1ccccc1NCc1[nH]c2ccccc2c1Cl. The van der Waals surface area contributed by atoms with E-state index in [4.69, 9.17) is 11.6 Å². The van der Waals surface area contributed by atoms with Crippen molar-refractivity contribution in [2.24, 2.45) is 0 Å². The standard InChI is InChI=1S/C18H19ClN2/c1-12(2)13-7-3-5-9-15(13)20-11-17-18(19)14-8-4-6-10-16(14)21-17/h3-10,12,20-21H,11H2,1-2H3. The zero-order valence-corrected chi connectivity index (χ0v) is 13.0. The van der Waals surface area contributed by atoms with Gasteiger partial charge < -0.3 is 10.3 Å². The van der Waals surface area contributed by atoms with E-state index in [9.17, 15) is 0 Å². The monoisotopic (exact) mass is 298 g/mol. The Balaban J connectivity index is 1.85. The summed E-state index contributed by atoms with van der Waals surface area (Å²) in [7, 11) is 0. The summed E-state index contributed by atoms with van der Waals surface area (Å²) in [4.78, 5) is 3.39. The third-order valence-electron chi connectivity index (χ3n) is 3.75. The number of aromatic amines is 1. The topological polar surface area (TPSA) is 27.8 Å². The molecule has 0 fully saturated rings. The predicted molar refractivity (Wildman–Crippen MR) is 91.2 cm³/mol. The second-order valence-electron chi connectivity index (χ2n) is 5.56. The van der Waals surface area contributed by atoms with Gasteiger partial charge in [-0.3, -0.25) is 0 Å². The van der Waals surface area contributed by atoms with Crippen molar-refractivity contribution in [2.75, 3.05) is 5.32 Å². The summed E-state index contributed by atoms with van der Waals surface area (Å²) >= 11 is 6.45. The zero-order valence-electron chi connectivity index (χ0n) is 12.3. The molecule has 0 atom stereocenters. The molecule has 0 saturated heterocycles. The van der Waals surface area contributed by atoms with Gasteiger partial charge in [0, 0.05) is 16.6 Å². The number of para-hydroxylation sites is 2. The molecule has 2 N–H and O–H groups in total. The molecule has 0 aliphatic heterocycles. The quantitative estimate of drug-likeness (QED) is 0.648. The summed E-state index contributed by atoms with van der Waals surface area (Å²) in [5, 5.41) is 5.38. The maximum atomic E-state index is 6.45. The number of halogens is 1. The molecule has 1 aromatic heterocycles. The Kier molecular flexibility index (Phi) is 3.89. The summed E-state index contributed by atoms with van der Waals surface area (Å²) < 4.78 is 0. The van der Waals surface area contributed by atoms with Gasteiger partial charge in [0.15, 0.2) is 0 Å². The van der Waals surface area contributed by atoms with Crippen LogP contribution >= 0.6 is 11.6 Å². The fourth-order valence-electron chi connectivity index (χ4n) is 2.63. The first-order valence-electron chi connectivity index (χ1n) is 7.24. The van der Waals surface area contributed by atoms with Gasteiger partial charge in [-0.15, -0.1) is 0 Å². The normalized spacial score (nSPS) is 11.2. The van der Waals surface area contributed by atoms with E-state index < -0.39 is 0 Å². The van der Waals surface area contributed by atoms with Crippen LogP contribution in [0.25, 0.3) is 10.9 Å². The molecule has 0 radical (unpaired) electrons. The van der Waals surface area contributed by atoms with Gasteiger partial charge in [0.25, 0.3) is 0 Å². The number of hydrogen-bond acceptors (Lipinski definition) is 1. The summed E-state index contributed by atoms with van der Waals surface area (Å²) in [6.07, 6.45) is 0. The van der Waals surface area contributed by atoms with Crippen molar-refractivity contribution in [3.05, 3.63) is 64.8 Å². The van der Waals surface area contributed by atoms with Gasteiger partial charge in [-0.1, -0.05) is 61.8 Å². The number of anilines is 1. The molecule has 3 heteroatoms. The molecule has 0 aliphatic rings. The van der Waals surface area contributed by atoms with Crippen LogP contribution in [0.5, 0.6) is 0 Å². The van der Waals surface area contributed by atoms with Crippen LogP contribution in [-0.2, 0) is 6.54 Å². The molecule has 0 saturated carbocycles. The van der Waals surface area contributed by atoms with E-state index in [-0.39, 0.29) is 0 Å². The summed E-state index contributed by atoms with van der Waals surface area (Å²) in [6.45, 7) is 5.10. The maximum Gasteiger partial charge on any atom is 0.0710 e. The summed E-state index contributed by atoms with van der Waals surface area (Å²) in [5.41, 5.74) is 4.60. The molecule has 108 valence electrons. The lowest BCUT2D eigenvalue weighted by molar-refractivity contribution is 0.864. The third-order valence-corrected chi connectivity index (χ3v) is 4.18. The molecule has 2 nitrogen and oxygen atoms in total. The number of aromatic nitrogens is 1. The van der Waals surface area contributed by atoms with Crippen molar-refractivity contribution in [1.82, 2.24) is 4.98 Å². The Morgan fingerprint density at radius 2 is 1.76 bits per heavy atom. The lowest BCUT2D eigenvalue weighted by atomic mass is 10.0. The first-order chi connectivity index (χ1) is 10.2. The molecule has 0 aliphatic carbocycles. The predicted octanol–water partition coefficient (Wildman–Crippen LogP) is 5.56. The van der Waals surface area contributed by atoms with Gasteiger partial charge >= 0.3 is 0 Å². The molecule has 3 aromatic rings. The Morgan fingerprint density at radius 3 is 2.52 bits per heavy atom. The average molecular weight is 299 g/mol. The number of fused-ring (bicyclic) bond motifs is 1. The van der Waals surface area contributed by atoms with Crippen LogP contribution in [0.3, 0.4) is 0 Å². The first kappa shape index (κ1) is 14.0. The van der Waals surface area contributed by atoms with Gasteiger partial charge in [0.05, 0.1) is 17.3 Å². The number of hydrogen-bond donors (Lipinski definition) is 2. The third kappa shape index (κ3) is 2.77. The van der Waals surface area contributed by atoms with Gasteiger partial charge in [-0.2, -0.15) is 0 Å². The minimum absolute atomic E-state index is 0.492. The van der Waals surface area contributed by atoms with E-state index in [1.165, 1.54) is 11.3 Å². The fourth-order valence-corrected chi connectivity index (χ4v) is 2.91. The van der Waals surface area contributed by atoms with E-state index >= 15 is 0 Å². The van der Waals surface area contributed by atoms with Crippen LogP contribution in [0.15, 0.2) is 48.5 Å². The molecule has 0 unspecified atom stereocenters. The van der Waals surface area contributed by atoms with Crippen molar-refractivity contribution >= 4 is 28.2 Å². The highest BCUT2D eigenvalue weighted by molar-refractivity contribution is 6.36. The molecular formula is C18H19ClN2.